The van der Waals surface area contributed by atoms with Gasteiger partial charge in [0.15, 0.2) is 5.78 Å². The molecule has 0 aliphatic heterocycles. The number of carbonyl (C=O) groups is 2. The summed E-state index contributed by atoms with van der Waals surface area (Å²) in [5.74, 6) is -0.0663. The van der Waals surface area contributed by atoms with Crippen LogP contribution in [0.15, 0.2) is 77.1 Å². The predicted octanol–water partition coefficient (Wildman–Crippen LogP) is 5.87. The lowest BCUT2D eigenvalue weighted by Gasteiger charge is -2.13. The summed E-state index contributed by atoms with van der Waals surface area (Å²) in [5.41, 5.74) is 4.17. The minimum atomic E-state index is -0.149. The van der Waals surface area contributed by atoms with Gasteiger partial charge in [-0.25, -0.2) is 4.98 Å². The van der Waals surface area contributed by atoms with E-state index in [9.17, 15) is 14.9 Å². The highest BCUT2D eigenvalue weighted by Gasteiger charge is 2.34. The average molecular weight is 439 g/mol. The molecule has 0 atom stereocenters. The highest BCUT2D eigenvalue weighted by atomic mass is 32.2. The summed E-state index contributed by atoms with van der Waals surface area (Å²) in [6.45, 7) is 0. The van der Waals surface area contributed by atoms with E-state index in [1.165, 1.54) is 23.1 Å². The largest absolute Gasteiger partial charge is 0.293 e. The number of aromatic nitrogens is 1. The molecule has 5 rings (SSSR count). The summed E-state index contributed by atoms with van der Waals surface area (Å²) >= 11 is 2.71. The van der Waals surface area contributed by atoms with Gasteiger partial charge in [0.25, 0.3) is 0 Å². The number of hydrogen-bond donors (Lipinski definition) is 0. The Hall–Kier alpha value is -3.53. The van der Waals surface area contributed by atoms with Crippen LogP contribution in [0.3, 0.4) is 0 Å². The lowest BCUT2D eigenvalue weighted by Crippen LogP contribution is -2.06. The zero-order valence-corrected chi connectivity index (χ0v) is 17.8. The van der Waals surface area contributed by atoms with Gasteiger partial charge in [-0.15, -0.1) is 11.3 Å². The molecule has 1 aliphatic rings. The first-order chi connectivity index (χ1) is 15.2. The van der Waals surface area contributed by atoms with Gasteiger partial charge in [-0.1, -0.05) is 72.4 Å². The lowest BCUT2D eigenvalue weighted by molar-refractivity contribution is 0.102. The van der Waals surface area contributed by atoms with E-state index in [0.717, 1.165) is 16.0 Å². The molecule has 0 saturated heterocycles. The van der Waals surface area contributed by atoms with Crippen molar-refractivity contribution >= 4 is 34.7 Å². The number of rotatable bonds is 5. The number of ketones is 2. The second-order valence-electron chi connectivity index (χ2n) is 6.93. The van der Waals surface area contributed by atoms with E-state index in [1.807, 2.05) is 53.9 Å². The van der Waals surface area contributed by atoms with Crippen LogP contribution in [0, 0.1) is 11.3 Å². The Morgan fingerprint density at radius 3 is 2.42 bits per heavy atom. The van der Waals surface area contributed by atoms with Crippen LogP contribution in [0.1, 0.15) is 32.0 Å². The second kappa shape index (κ2) is 7.95. The molecule has 0 fully saturated rings. The molecule has 4 aromatic rings. The van der Waals surface area contributed by atoms with Crippen LogP contribution in [-0.4, -0.2) is 22.3 Å². The van der Waals surface area contributed by atoms with E-state index in [4.69, 9.17) is 0 Å². The average Bonchev–Trinajstić information content (AvgIpc) is 3.44. The molecule has 6 heteroatoms. The molecular formula is C25H14N2O2S2. The third kappa shape index (κ3) is 3.28. The third-order valence-corrected chi connectivity index (χ3v) is 7.00. The standard InChI is InChI=1S/C25H14N2O2S2/c26-13-18-21(20-11-6-12-30-20)22-16-9-4-5-10-17(16)24(29)23(22)27-25(18)31-14-19(28)15-7-2-1-3-8-15/h1-12H,14H2. The SMILES string of the molecule is N#Cc1c(SCC(=O)c2ccccc2)nc2c(c1-c1cccs1)-c1ccccc1C2=O. The first-order valence-corrected chi connectivity index (χ1v) is 11.4. The molecule has 0 unspecified atom stereocenters. The maximum Gasteiger partial charge on any atom is 0.212 e. The molecule has 0 spiro atoms. The van der Waals surface area contributed by atoms with E-state index in [2.05, 4.69) is 11.1 Å². The number of fused-ring (bicyclic) bond motifs is 3. The molecular weight excluding hydrogens is 424 g/mol. The van der Waals surface area contributed by atoms with Gasteiger partial charge in [0.1, 0.15) is 16.8 Å². The first kappa shape index (κ1) is 19.4. The number of carbonyl (C=O) groups excluding carboxylic acids is 2. The maximum atomic E-state index is 13.1. The van der Waals surface area contributed by atoms with Crippen molar-refractivity contribution in [3.8, 4) is 27.6 Å². The number of benzene rings is 2. The Morgan fingerprint density at radius 2 is 1.71 bits per heavy atom. The Bertz CT molecular complexity index is 1370. The number of Topliss-reactive ketones (excluding diaryl/α,β-unsaturated/α-hetero) is 1. The summed E-state index contributed by atoms with van der Waals surface area (Å²) in [6.07, 6.45) is 0. The lowest BCUT2D eigenvalue weighted by atomic mass is 9.97. The minimum absolute atomic E-state index is 0.0518. The Labute approximate surface area is 187 Å². The smallest absolute Gasteiger partial charge is 0.212 e. The van der Waals surface area contributed by atoms with Crippen molar-refractivity contribution in [1.29, 1.82) is 5.26 Å². The van der Waals surface area contributed by atoms with Crippen molar-refractivity contribution < 1.29 is 9.59 Å². The molecule has 0 saturated carbocycles. The van der Waals surface area contributed by atoms with Gasteiger partial charge in [-0.2, -0.15) is 5.26 Å². The molecule has 1 aliphatic carbocycles. The first-order valence-electron chi connectivity index (χ1n) is 9.56. The second-order valence-corrected chi connectivity index (χ2v) is 8.84. The van der Waals surface area contributed by atoms with E-state index in [1.54, 1.807) is 18.2 Å². The Morgan fingerprint density at radius 1 is 0.968 bits per heavy atom. The highest BCUT2D eigenvalue weighted by Crippen LogP contribution is 2.46. The quantitative estimate of drug-likeness (QED) is 0.254. The normalized spacial score (nSPS) is 11.6. The molecule has 0 bridgehead atoms. The van der Waals surface area contributed by atoms with Crippen LogP contribution in [-0.2, 0) is 0 Å². The zero-order chi connectivity index (χ0) is 21.4. The van der Waals surface area contributed by atoms with Gasteiger partial charge < -0.3 is 0 Å². The van der Waals surface area contributed by atoms with E-state index < -0.39 is 0 Å². The summed E-state index contributed by atoms with van der Waals surface area (Å²) < 4.78 is 0. The topological polar surface area (TPSA) is 70.8 Å². The Kier molecular flexibility index (Phi) is 4.99. The molecule has 2 heterocycles. The summed E-state index contributed by atoms with van der Waals surface area (Å²) in [7, 11) is 0. The van der Waals surface area contributed by atoms with E-state index in [-0.39, 0.29) is 17.3 Å². The van der Waals surface area contributed by atoms with Gasteiger partial charge in [0.05, 0.1) is 11.3 Å². The molecule has 0 radical (unpaired) electrons. The summed E-state index contributed by atoms with van der Waals surface area (Å²) in [6, 6.07) is 22.6. The fourth-order valence-electron chi connectivity index (χ4n) is 3.73. The van der Waals surface area contributed by atoms with Gasteiger partial charge >= 0.3 is 0 Å². The maximum absolute atomic E-state index is 13.1. The van der Waals surface area contributed by atoms with Gasteiger partial charge in [-0.05, 0) is 17.0 Å². The fourth-order valence-corrected chi connectivity index (χ4v) is 5.40. The molecule has 0 amide bonds. The van der Waals surface area contributed by atoms with Crippen molar-refractivity contribution in [3.05, 3.63) is 94.5 Å². The summed E-state index contributed by atoms with van der Waals surface area (Å²) in [5, 5.41) is 12.4. The van der Waals surface area contributed by atoms with Crippen LogP contribution in [0.2, 0.25) is 0 Å². The van der Waals surface area contributed by atoms with Crippen molar-refractivity contribution in [1.82, 2.24) is 4.98 Å². The molecule has 2 aromatic heterocycles. The van der Waals surface area contributed by atoms with Crippen LogP contribution in [0.4, 0.5) is 0 Å². The third-order valence-electron chi connectivity index (χ3n) is 5.14. The van der Waals surface area contributed by atoms with Gasteiger partial charge in [0.2, 0.25) is 5.78 Å². The number of pyridine rings is 1. The highest BCUT2D eigenvalue weighted by molar-refractivity contribution is 8.00. The molecule has 0 N–H and O–H groups in total. The van der Waals surface area contributed by atoms with Crippen LogP contribution in [0.25, 0.3) is 21.6 Å². The van der Waals surface area contributed by atoms with Crippen molar-refractivity contribution in [2.75, 3.05) is 5.75 Å². The minimum Gasteiger partial charge on any atom is -0.293 e. The van der Waals surface area contributed by atoms with E-state index >= 15 is 0 Å². The number of hydrogen-bond acceptors (Lipinski definition) is 6. The van der Waals surface area contributed by atoms with Crippen LogP contribution >= 0.6 is 23.1 Å². The monoisotopic (exact) mass is 438 g/mol. The van der Waals surface area contributed by atoms with Crippen molar-refractivity contribution in [2.24, 2.45) is 0 Å². The number of nitriles is 1. The Balaban J connectivity index is 1.65. The molecule has 2 aromatic carbocycles. The van der Waals surface area contributed by atoms with Gasteiger partial charge in [0, 0.05) is 27.1 Å². The number of thioether (sulfide) groups is 1. The van der Waals surface area contributed by atoms with Crippen LogP contribution < -0.4 is 0 Å². The van der Waals surface area contributed by atoms with Crippen LogP contribution in [0.5, 0.6) is 0 Å². The number of nitrogens with zero attached hydrogens (tertiary/aromatic N) is 2. The molecule has 4 nitrogen and oxygen atoms in total. The van der Waals surface area contributed by atoms with Crippen molar-refractivity contribution in [2.45, 2.75) is 5.03 Å². The summed E-state index contributed by atoms with van der Waals surface area (Å²) in [4.78, 5) is 31.2. The fraction of sp³-hybridized carbons (Fsp3) is 0.0400. The van der Waals surface area contributed by atoms with Gasteiger partial charge in [-0.3, -0.25) is 9.59 Å². The molecule has 148 valence electrons. The van der Waals surface area contributed by atoms with Crippen molar-refractivity contribution in [3.63, 3.8) is 0 Å². The zero-order valence-electron chi connectivity index (χ0n) is 16.2. The molecule has 31 heavy (non-hydrogen) atoms. The predicted molar refractivity (Wildman–Crippen MR) is 123 cm³/mol. The number of thiophene rings is 1. The van der Waals surface area contributed by atoms with E-state index in [0.29, 0.717) is 33.0 Å².